The quantitative estimate of drug-likeness (QED) is 0.247. The Balaban J connectivity index is 1.45. The van der Waals surface area contributed by atoms with E-state index in [4.69, 9.17) is 15.0 Å². The summed E-state index contributed by atoms with van der Waals surface area (Å²) in [5, 5.41) is 2.49. The SMILES string of the molecule is c1ccc(-c2cccc(-c3nc(-c4ccccc4)nc(-c4cccc5c4sc4ccccc45)n3)c2)cc1. The standard InChI is InChI=1S/C33H21N3S/c1-3-11-22(12-4-1)24-15-9-16-25(21-24)32-34-31(23-13-5-2-6-14-23)35-33(36-32)28-19-10-18-27-26-17-7-8-20-29(26)37-30(27)28/h1-21H. The second-order valence-electron chi connectivity index (χ2n) is 8.90. The van der Waals surface area contributed by atoms with Gasteiger partial charge in [0, 0.05) is 36.9 Å². The van der Waals surface area contributed by atoms with Crippen LogP contribution in [0.1, 0.15) is 0 Å². The molecule has 7 aromatic rings. The maximum absolute atomic E-state index is 5.04. The van der Waals surface area contributed by atoms with Crippen LogP contribution in [0.2, 0.25) is 0 Å². The van der Waals surface area contributed by atoms with Crippen LogP contribution in [0.15, 0.2) is 127 Å². The minimum Gasteiger partial charge on any atom is -0.208 e. The highest BCUT2D eigenvalue weighted by molar-refractivity contribution is 7.26. The third-order valence-corrected chi connectivity index (χ3v) is 7.76. The van der Waals surface area contributed by atoms with Gasteiger partial charge in [0.15, 0.2) is 17.5 Å². The van der Waals surface area contributed by atoms with Crippen molar-refractivity contribution in [2.24, 2.45) is 0 Å². The van der Waals surface area contributed by atoms with Crippen LogP contribution in [0.4, 0.5) is 0 Å². The van der Waals surface area contributed by atoms with Crippen molar-refractivity contribution in [1.29, 1.82) is 0 Å². The van der Waals surface area contributed by atoms with E-state index in [9.17, 15) is 0 Å². The lowest BCUT2D eigenvalue weighted by Gasteiger charge is -2.10. The lowest BCUT2D eigenvalue weighted by atomic mass is 10.0. The molecular weight excluding hydrogens is 470 g/mol. The molecule has 0 spiro atoms. The number of hydrogen-bond donors (Lipinski definition) is 0. The number of hydrogen-bond acceptors (Lipinski definition) is 4. The minimum atomic E-state index is 0.666. The third kappa shape index (κ3) is 3.98. The Hall–Kier alpha value is -4.67. The zero-order valence-corrected chi connectivity index (χ0v) is 20.7. The van der Waals surface area contributed by atoms with Crippen molar-refractivity contribution in [3.05, 3.63) is 127 Å². The van der Waals surface area contributed by atoms with Gasteiger partial charge in [-0.3, -0.25) is 0 Å². The fourth-order valence-electron chi connectivity index (χ4n) is 4.73. The van der Waals surface area contributed by atoms with E-state index in [1.54, 1.807) is 11.3 Å². The van der Waals surface area contributed by atoms with Crippen LogP contribution < -0.4 is 0 Å². The average Bonchev–Trinajstić information content (AvgIpc) is 3.37. The summed E-state index contributed by atoms with van der Waals surface area (Å²) >= 11 is 1.79. The first kappa shape index (κ1) is 21.6. The summed E-state index contributed by atoms with van der Waals surface area (Å²) in [4.78, 5) is 15.0. The zero-order valence-electron chi connectivity index (χ0n) is 19.9. The van der Waals surface area contributed by atoms with E-state index in [1.807, 2.05) is 36.4 Å². The summed E-state index contributed by atoms with van der Waals surface area (Å²) < 4.78 is 2.45. The number of fused-ring (bicyclic) bond motifs is 3. The fraction of sp³-hybridized carbons (Fsp3) is 0. The largest absolute Gasteiger partial charge is 0.208 e. The van der Waals surface area contributed by atoms with Gasteiger partial charge in [0.25, 0.3) is 0 Å². The number of aromatic nitrogens is 3. The summed E-state index contributed by atoms with van der Waals surface area (Å²) in [6.45, 7) is 0. The van der Waals surface area contributed by atoms with Gasteiger partial charge >= 0.3 is 0 Å². The van der Waals surface area contributed by atoms with Crippen molar-refractivity contribution in [3.8, 4) is 45.3 Å². The van der Waals surface area contributed by atoms with Gasteiger partial charge in [-0.05, 0) is 29.3 Å². The zero-order chi connectivity index (χ0) is 24.6. The summed E-state index contributed by atoms with van der Waals surface area (Å²) in [6, 6.07) is 43.9. The van der Waals surface area contributed by atoms with Crippen LogP contribution in [-0.2, 0) is 0 Å². The van der Waals surface area contributed by atoms with E-state index in [0.29, 0.717) is 17.5 Å². The van der Waals surface area contributed by atoms with E-state index >= 15 is 0 Å². The molecule has 2 heterocycles. The molecule has 0 saturated carbocycles. The molecule has 0 amide bonds. The molecule has 3 nitrogen and oxygen atoms in total. The van der Waals surface area contributed by atoms with Gasteiger partial charge in [-0.1, -0.05) is 109 Å². The molecule has 0 saturated heterocycles. The second kappa shape index (κ2) is 9.08. The molecule has 0 N–H and O–H groups in total. The molecule has 0 radical (unpaired) electrons. The van der Waals surface area contributed by atoms with Crippen molar-refractivity contribution in [1.82, 2.24) is 15.0 Å². The summed E-state index contributed by atoms with van der Waals surface area (Å²) in [5.41, 5.74) is 5.25. The molecule has 2 aromatic heterocycles. The van der Waals surface area contributed by atoms with Gasteiger partial charge in [0.2, 0.25) is 0 Å². The highest BCUT2D eigenvalue weighted by Crippen LogP contribution is 2.39. The molecule has 0 bridgehead atoms. The van der Waals surface area contributed by atoms with Crippen LogP contribution in [0.25, 0.3) is 65.5 Å². The molecule has 0 fully saturated rings. The van der Waals surface area contributed by atoms with Crippen LogP contribution >= 0.6 is 11.3 Å². The molecule has 174 valence electrons. The van der Waals surface area contributed by atoms with Crippen LogP contribution in [0.3, 0.4) is 0 Å². The molecule has 0 aliphatic heterocycles. The Bertz CT molecular complexity index is 1880. The smallest absolute Gasteiger partial charge is 0.165 e. The monoisotopic (exact) mass is 491 g/mol. The lowest BCUT2D eigenvalue weighted by molar-refractivity contribution is 1.08. The first-order chi connectivity index (χ1) is 18.3. The van der Waals surface area contributed by atoms with Crippen LogP contribution in [0.5, 0.6) is 0 Å². The normalized spacial score (nSPS) is 11.2. The molecule has 0 aliphatic rings. The highest BCUT2D eigenvalue weighted by Gasteiger charge is 2.16. The fourth-order valence-corrected chi connectivity index (χ4v) is 5.95. The number of thiophene rings is 1. The third-order valence-electron chi connectivity index (χ3n) is 6.54. The Morgan fingerprint density at radius 1 is 0.405 bits per heavy atom. The summed E-state index contributed by atoms with van der Waals surface area (Å²) in [5.74, 6) is 2.02. The van der Waals surface area contributed by atoms with E-state index < -0.39 is 0 Å². The van der Waals surface area contributed by atoms with E-state index in [1.165, 1.54) is 20.2 Å². The average molecular weight is 492 g/mol. The van der Waals surface area contributed by atoms with Crippen LogP contribution in [0, 0.1) is 0 Å². The maximum Gasteiger partial charge on any atom is 0.165 e. The predicted molar refractivity (Wildman–Crippen MR) is 154 cm³/mol. The molecular formula is C33H21N3S. The van der Waals surface area contributed by atoms with E-state index in [-0.39, 0.29) is 0 Å². The van der Waals surface area contributed by atoms with Crippen molar-refractivity contribution < 1.29 is 0 Å². The minimum absolute atomic E-state index is 0.666. The van der Waals surface area contributed by atoms with Gasteiger partial charge in [-0.2, -0.15) is 0 Å². The molecule has 4 heteroatoms. The van der Waals surface area contributed by atoms with E-state index in [2.05, 4.69) is 91.0 Å². The van der Waals surface area contributed by atoms with Gasteiger partial charge in [0.05, 0.1) is 0 Å². The van der Waals surface area contributed by atoms with Crippen molar-refractivity contribution in [3.63, 3.8) is 0 Å². The number of nitrogens with zero attached hydrogens (tertiary/aromatic N) is 3. The number of benzene rings is 5. The summed E-state index contributed by atoms with van der Waals surface area (Å²) in [7, 11) is 0. The van der Waals surface area contributed by atoms with Gasteiger partial charge in [-0.25, -0.2) is 15.0 Å². The molecule has 7 rings (SSSR count). The Morgan fingerprint density at radius 2 is 0.973 bits per heavy atom. The Labute approximate surface area is 218 Å². The molecule has 0 atom stereocenters. The van der Waals surface area contributed by atoms with Gasteiger partial charge < -0.3 is 0 Å². The first-order valence-electron chi connectivity index (χ1n) is 12.2. The number of rotatable bonds is 4. The first-order valence-corrected chi connectivity index (χ1v) is 13.0. The molecule has 0 unspecified atom stereocenters. The highest BCUT2D eigenvalue weighted by atomic mass is 32.1. The van der Waals surface area contributed by atoms with Gasteiger partial charge in [-0.15, -0.1) is 11.3 Å². The van der Waals surface area contributed by atoms with Crippen molar-refractivity contribution >= 4 is 31.5 Å². The van der Waals surface area contributed by atoms with Crippen LogP contribution in [-0.4, -0.2) is 15.0 Å². The maximum atomic E-state index is 5.04. The Kier molecular flexibility index (Phi) is 5.30. The Morgan fingerprint density at radius 3 is 1.78 bits per heavy atom. The van der Waals surface area contributed by atoms with Crippen molar-refractivity contribution in [2.75, 3.05) is 0 Å². The van der Waals surface area contributed by atoms with Crippen molar-refractivity contribution in [2.45, 2.75) is 0 Å². The topological polar surface area (TPSA) is 38.7 Å². The predicted octanol–water partition coefficient (Wildman–Crippen LogP) is 8.91. The summed E-state index contributed by atoms with van der Waals surface area (Å²) in [6.07, 6.45) is 0. The van der Waals surface area contributed by atoms with Gasteiger partial charge in [0.1, 0.15) is 0 Å². The lowest BCUT2D eigenvalue weighted by Crippen LogP contribution is -2.00. The molecule has 37 heavy (non-hydrogen) atoms. The second-order valence-corrected chi connectivity index (χ2v) is 9.95. The molecule has 5 aromatic carbocycles. The van der Waals surface area contributed by atoms with E-state index in [0.717, 1.165) is 27.8 Å². The molecule has 0 aliphatic carbocycles.